The number of anilines is 1. The number of thioether (sulfide) groups is 1. The highest BCUT2D eigenvalue weighted by Crippen LogP contribution is 2.35. The zero-order chi connectivity index (χ0) is 11.7. The van der Waals surface area contributed by atoms with Crippen molar-refractivity contribution < 1.29 is 0 Å². The number of amidine groups is 1. The molecule has 6 heteroatoms. The van der Waals surface area contributed by atoms with Gasteiger partial charge in [-0.25, -0.2) is 0 Å². The van der Waals surface area contributed by atoms with Gasteiger partial charge in [-0.2, -0.15) is 0 Å². The van der Waals surface area contributed by atoms with Gasteiger partial charge < -0.3 is 5.32 Å². The maximum Gasteiger partial charge on any atom is 0.161 e. The van der Waals surface area contributed by atoms with Crippen LogP contribution >= 0.6 is 46.6 Å². The summed E-state index contributed by atoms with van der Waals surface area (Å²) in [5.41, 5.74) is 0.660. The van der Waals surface area contributed by atoms with Crippen LogP contribution in [0.1, 0.15) is 6.92 Å². The van der Waals surface area contributed by atoms with E-state index < -0.39 is 0 Å². The van der Waals surface area contributed by atoms with Crippen LogP contribution in [0, 0.1) is 0 Å². The Balaban J connectivity index is 2.22. The fraction of sp³-hybridized carbons (Fsp3) is 0.300. The maximum absolute atomic E-state index is 6.05. The highest BCUT2D eigenvalue weighted by atomic mass is 35.5. The summed E-state index contributed by atoms with van der Waals surface area (Å²) < 4.78 is 0. The zero-order valence-corrected chi connectivity index (χ0v) is 11.5. The van der Waals surface area contributed by atoms with E-state index >= 15 is 0 Å². The van der Waals surface area contributed by atoms with Crippen LogP contribution in [0.25, 0.3) is 0 Å². The molecule has 0 fully saturated rings. The van der Waals surface area contributed by atoms with Gasteiger partial charge in [0.25, 0.3) is 0 Å². The number of rotatable bonds is 1. The summed E-state index contributed by atoms with van der Waals surface area (Å²) in [7, 11) is 0. The lowest BCUT2D eigenvalue weighted by Crippen LogP contribution is -2.07. The third-order valence-corrected chi connectivity index (χ3v) is 3.86. The second-order valence-electron chi connectivity index (χ2n) is 3.44. The monoisotopic (exact) mass is 294 g/mol. The molecule has 1 unspecified atom stereocenters. The Bertz CT molecular complexity index is 425. The predicted molar refractivity (Wildman–Crippen MR) is 74.4 cm³/mol. The van der Waals surface area contributed by atoms with Gasteiger partial charge in [-0.3, -0.25) is 4.99 Å². The molecule has 0 amide bonds. The standard InChI is InChI=1S/C10H9Cl3N2S/c1-5-4-14-10(16-5)15-9-7(12)2-6(11)3-8(9)13/h2-3,5H,4H2,1H3,(H,14,15). The van der Waals surface area contributed by atoms with E-state index in [0.717, 1.165) is 11.7 Å². The van der Waals surface area contributed by atoms with E-state index in [1.165, 1.54) is 0 Å². The van der Waals surface area contributed by atoms with Crippen molar-refractivity contribution in [2.45, 2.75) is 12.2 Å². The Labute approximate surface area is 113 Å². The van der Waals surface area contributed by atoms with Crippen LogP contribution in [0.4, 0.5) is 5.69 Å². The van der Waals surface area contributed by atoms with Gasteiger partial charge >= 0.3 is 0 Å². The molecule has 0 radical (unpaired) electrons. The summed E-state index contributed by atoms with van der Waals surface area (Å²) in [4.78, 5) is 4.33. The molecule has 2 nitrogen and oxygen atoms in total. The lowest BCUT2D eigenvalue weighted by molar-refractivity contribution is 0.976. The van der Waals surface area contributed by atoms with Crippen molar-refractivity contribution in [3.8, 4) is 0 Å². The Morgan fingerprint density at radius 2 is 1.94 bits per heavy atom. The molecule has 0 saturated carbocycles. The number of hydrogen-bond acceptors (Lipinski definition) is 3. The molecule has 16 heavy (non-hydrogen) atoms. The Morgan fingerprint density at radius 3 is 2.44 bits per heavy atom. The van der Waals surface area contributed by atoms with Crippen LogP contribution in [0.3, 0.4) is 0 Å². The van der Waals surface area contributed by atoms with Crippen molar-refractivity contribution in [2.75, 3.05) is 11.9 Å². The van der Waals surface area contributed by atoms with Gasteiger partial charge in [-0.1, -0.05) is 53.5 Å². The minimum absolute atomic E-state index is 0.493. The number of halogens is 3. The first-order valence-corrected chi connectivity index (χ1v) is 6.70. The smallest absolute Gasteiger partial charge is 0.161 e. The quantitative estimate of drug-likeness (QED) is 0.822. The van der Waals surface area contributed by atoms with E-state index in [1.54, 1.807) is 23.9 Å². The molecule has 1 atom stereocenters. The number of hydrogen-bond donors (Lipinski definition) is 1. The van der Waals surface area contributed by atoms with E-state index in [2.05, 4.69) is 17.2 Å². The second kappa shape index (κ2) is 5.05. The van der Waals surface area contributed by atoms with Crippen molar-refractivity contribution in [2.24, 2.45) is 4.99 Å². The van der Waals surface area contributed by atoms with E-state index in [4.69, 9.17) is 34.8 Å². The highest BCUT2D eigenvalue weighted by molar-refractivity contribution is 8.15. The number of nitrogens with one attached hydrogen (secondary N) is 1. The van der Waals surface area contributed by atoms with Crippen LogP contribution in [0.5, 0.6) is 0 Å². The molecule has 0 aliphatic carbocycles. The normalized spacial score (nSPS) is 19.8. The predicted octanol–water partition coefficient (Wildman–Crippen LogP) is 4.55. The first kappa shape index (κ1) is 12.4. The zero-order valence-electron chi connectivity index (χ0n) is 8.43. The third kappa shape index (κ3) is 2.77. The molecule has 1 aliphatic heterocycles. The van der Waals surface area contributed by atoms with Gasteiger partial charge in [-0.15, -0.1) is 0 Å². The van der Waals surface area contributed by atoms with Gasteiger partial charge in [0, 0.05) is 10.3 Å². The summed E-state index contributed by atoms with van der Waals surface area (Å²) in [5, 5.41) is 5.99. The number of aliphatic imine (C=N–C) groups is 1. The minimum atomic E-state index is 0.493. The van der Waals surface area contributed by atoms with Crippen LogP contribution in [-0.4, -0.2) is 17.0 Å². The Hall–Kier alpha value is -0.0900. The molecule has 0 saturated heterocycles. The van der Waals surface area contributed by atoms with Gasteiger partial charge in [0.2, 0.25) is 0 Å². The Kier molecular flexibility index (Phi) is 3.90. The maximum atomic E-state index is 6.05. The summed E-state index contributed by atoms with van der Waals surface area (Å²) in [6, 6.07) is 3.31. The fourth-order valence-electron chi connectivity index (χ4n) is 1.31. The molecular weight excluding hydrogens is 287 g/mol. The molecule has 2 rings (SSSR count). The molecule has 1 aromatic rings. The van der Waals surface area contributed by atoms with E-state index in [0.29, 0.717) is 26.0 Å². The molecule has 1 aliphatic rings. The summed E-state index contributed by atoms with van der Waals surface area (Å²) in [6.07, 6.45) is 0. The molecule has 1 aromatic carbocycles. The average Bonchev–Trinajstić information content (AvgIpc) is 2.58. The Morgan fingerprint density at radius 1 is 1.31 bits per heavy atom. The summed E-state index contributed by atoms with van der Waals surface area (Å²) in [5.74, 6) is 0. The van der Waals surface area contributed by atoms with E-state index in [1.807, 2.05) is 0 Å². The fourth-order valence-corrected chi connectivity index (χ4v) is 3.07. The van der Waals surface area contributed by atoms with Crippen molar-refractivity contribution in [1.82, 2.24) is 0 Å². The highest BCUT2D eigenvalue weighted by Gasteiger charge is 2.17. The van der Waals surface area contributed by atoms with Crippen LogP contribution in [0.2, 0.25) is 15.1 Å². The summed E-state index contributed by atoms with van der Waals surface area (Å²) in [6.45, 7) is 2.93. The van der Waals surface area contributed by atoms with Gasteiger partial charge in [0.15, 0.2) is 5.17 Å². The SMILES string of the molecule is CC1CN=C(Nc2c(Cl)cc(Cl)cc2Cl)S1. The molecule has 1 heterocycles. The van der Waals surface area contributed by atoms with Crippen molar-refractivity contribution >= 4 is 57.4 Å². The van der Waals surface area contributed by atoms with Crippen LogP contribution < -0.4 is 5.32 Å². The second-order valence-corrected chi connectivity index (χ2v) is 6.12. The average molecular weight is 296 g/mol. The molecule has 0 aromatic heterocycles. The summed E-state index contributed by atoms with van der Waals surface area (Å²) >= 11 is 19.6. The lowest BCUT2D eigenvalue weighted by Gasteiger charge is -2.10. The molecule has 0 spiro atoms. The first-order valence-electron chi connectivity index (χ1n) is 4.69. The number of nitrogens with zero attached hydrogens (tertiary/aromatic N) is 1. The van der Waals surface area contributed by atoms with Gasteiger partial charge in [0.1, 0.15) is 0 Å². The molecule has 1 N–H and O–H groups in total. The van der Waals surface area contributed by atoms with Crippen molar-refractivity contribution in [1.29, 1.82) is 0 Å². The van der Waals surface area contributed by atoms with Gasteiger partial charge in [0.05, 0.1) is 22.3 Å². The van der Waals surface area contributed by atoms with Gasteiger partial charge in [-0.05, 0) is 12.1 Å². The number of benzene rings is 1. The molecule has 0 bridgehead atoms. The first-order chi connectivity index (χ1) is 7.56. The van der Waals surface area contributed by atoms with Crippen molar-refractivity contribution in [3.05, 3.63) is 27.2 Å². The molecular formula is C10H9Cl3N2S. The van der Waals surface area contributed by atoms with E-state index in [-0.39, 0.29) is 0 Å². The van der Waals surface area contributed by atoms with Crippen molar-refractivity contribution in [3.63, 3.8) is 0 Å². The lowest BCUT2D eigenvalue weighted by atomic mass is 10.3. The van der Waals surface area contributed by atoms with Crippen LogP contribution in [-0.2, 0) is 0 Å². The topological polar surface area (TPSA) is 24.4 Å². The minimum Gasteiger partial charge on any atom is -0.333 e. The van der Waals surface area contributed by atoms with E-state index in [9.17, 15) is 0 Å². The molecule has 86 valence electrons. The largest absolute Gasteiger partial charge is 0.333 e. The van der Waals surface area contributed by atoms with Crippen LogP contribution in [0.15, 0.2) is 17.1 Å². The third-order valence-electron chi connectivity index (χ3n) is 2.04.